The second kappa shape index (κ2) is 7.21. The number of nitrogens with one attached hydrogen (secondary N) is 2. The van der Waals surface area contributed by atoms with Crippen LogP contribution < -0.4 is 21.2 Å². The summed E-state index contributed by atoms with van der Waals surface area (Å²) in [6.07, 6.45) is 0.307. The first-order valence-corrected chi connectivity index (χ1v) is 10.4. The van der Waals surface area contributed by atoms with Crippen LogP contribution in [0.25, 0.3) is 11.0 Å². The number of nitrogens with zero attached hydrogens (tertiary/aromatic N) is 4. The summed E-state index contributed by atoms with van der Waals surface area (Å²) in [7, 11) is 1.60. The van der Waals surface area contributed by atoms with Crippen molar-refractivity contribution in [1.82, 2.24) is 24.7 Å². The molecule has 2 aromatic rings. The van der Waals surface area contributed by atoms with Crippen LogP contribution in [-0.2, 0) is 16.6 Å². The molecule has 160 valence electrons. The summed E-state index contributed by atoms with van der Waals surface area (Å²) in [5, 5.41) is 5.61. The second-order valence-electron chi connectivity index (χ2n) is 8.29. The first kappa shape index (κ1) is 19.3. The van der Waals surface area contributed by atoms with Gasteiger partial charge >= 0.3 is 5.69 Å². The van der Waals surface area contributed by atoms with Crippen molar-refractivity contribution in [2.24, 2.45) is 7.05 Å². The predicted octanol–water partition coefficient (Wildman–Crippen LogP) is -0.449. The highest BCUT2D eigenvalue weighted by atomic mass is 19.1. The van der Waals surface area contributed by atoms with E-state index >= 15 is 0 Å². The van der Waals surface area contributed by atoms with Gasteiger partial charge in [-0.25, -0.2) is 9.18 Å². The van der Waals surface area contributed by atoms with Crippen molar-refractivity contribution in [2.75, 3.05) is 44.2 Å². The molecule has 1 atom stereocenters. The number of amides is 2. The maximum Gasteiger partial charge on any atom is 0.329 e. The van der Waals surface area contributed by atoms with E-state index in [0.717, 1.165) is 45.0 Å². The van der Waals surface area contributed by atoms with Gasteiger partial charge in [-0.1, -0.05) is 0 Å². The number of fused-ring (bicyclic) bond motifs is 1. The molecule has 3 fully saturated rings. The average molecular weight is 416 g/mol. The van der Waals surface area contributed by atoms with E-state index in [1.54, 1.807) is 13.1 Å². The predicted molar refractivity (Wildman–Crippen MR) is 109 cm³/mol. The van der Waals surface area contributed by atoms with Crippen molar-refractivity contribution in [3.8, 4) is 0 Å². The molecule has 9 nitrogen and oxygen atoms in total. The Bertz CT molecular complexity index is 1080. The number of piperidine rings is 1. The maximum atomic E-state index is 14.9. The number of piperazine rings is 1. The Kier molecular flexibility index (Phi) is 4.62. The third kappa shape index (κ3) is 2.93. The highest BCUT2D eigenvalue weighted by Crippen LogP contribution is 2.34. The lowest BCUT2D eigenvalue weighted by Crippen LogP contribution is -2.63. The summed E-state index contributed by atoms with van der Waals surface area (Å²) in [5.41, 5.74) is 0.956. The van der Waals surface area contributed by atoms with Gasteiger partial charge in [0.05, 0.1) is 11.2 Å². The molecule has 0 bridgehead atoms. The van der Waals surface area contributed by atoms with Crippen LogP contribution in [-0.4, -0.2) is 71.2 Å². The van der Waals surface area contributed by atoms with Crippen LogP contribution in [0.15, 0.2) is 16.9 Å². The molecule has 5 rings (SSSR count). The number of benzene rings is 1. The summed E-state index contributed by atoms with van der Waals surface area (Å²) in [5.74, 6) is -1.48. The Balaban J connectivity index is 1.51. The van der Waals surface area contributed by atoms with Gasteiger partial charge < -0.3 is 10.2 Å². The smallest absolute Gasteiger partial charge is 0.329 e. The van der Waals surface area contributed by atoms with E-state index in [1.165, 1.54) is 15.2 Å². The van der Waals surface area contributed by atoms with Crippen LogP contribution in [0.2, 0.25) is 0 Å². The number of hydrogen-bond acceptors (Lipinski definition) is 6. The fraction of sp³-hybridized carbons (Fsp3) is 0.550. The highest BCUT2D eigenvalue weighted by molar-refractivity contribution is 6.00. The number of halogens is 1. The number of aromatic nitrogens is 2. The monoisotopic (exact) mass is 416 g/mol. The third-order valence-electron chi connectivity index (χ3n) is 6.54. The van der Waals surface area contributed by atoms with Crippen molar-refractivity contribution < 1.29 is 14.0 Å². The van der Waals surface area contributed by atoms with Crippen molar-refractivity contribution in [1.29, 1.82) is 0 Å². The summed E-state index contributed by atoms with van der Waals surface area (Å²) >= 11 is 0. The van der Waals surface area contributed by atoms with Gasteiger partial charge in [0.1, 0.15) is 17.4 Å². The fourth-order valence-corrected chi connectivity index (χ4v) is 4.86. The van der Waals surface area contributed by atoms with Gasteiger partial charge in [0.15, 0.2) is 0 Å². The molecule has 2 N–H and O–H groups in total. The summed E-state index contributed by atoms with van der Waals surface area (Å²) in [6.45, 7) is 5.64. The highest BCUT2D eigenvalue weighted by Gasteiger charge is 2.36. The number of hydrogen-bond donors (Lipinski definition) is 2. The van der Waals surface area contributed by atoms with Crippen molar-refractivity contribution in [3.05, 3.63) is 28.4 Å². The third-order valence-corrected chi connectivity index (χ3v) is 6.54. The van der Waals surface area contributed by atoms with Gasteiger partial charge in [-0.15, -0.1) is 0 Å². The lowest BCUT2D eigenvalue weighted by Gasteiger charge is -2.48. The second-order valence-corrected chi connectivity index (χ2v) is 8.29. The van der Waals surface area contributed by atoms with Crippen molar-refractivity contribution >= 4 is 28.5 Å². The first-order valence-electron chi connectivity index (χ1n) is 10.4. The molecule has 10 heteroatoms. The zero-order valence-electron chi connectivity index (χ0n) is 16.9. The van der Waals surface area contributed by atoms with Crippen LogP contribution in [0, 0.1) is 5.82 Å². The number of rotatable bonds is 3. The standard InChI is InChI=1S/C20H25FN6O3/c1-24-18-14(26-10-12(11-26)25-8-6-22-7-9-25)3-2-13(21)17(18)27(20(24)30)15-4-5-16(28)23-19(15)29/h2-3,12,15,22H,4-11H2,1H3,(H,23,28,29). The van der Waals surface area contributed by atoms with Gasteiger partial charge in [-0.05, 0) is 18.6 Å². The Morgan fingerprint density at radius 1 is 1.07 bits per heavy atom. The molecule has 0 aliphatic carbocycles. The lowest BCUT2D eigenvalue weighted by molar-refractivity contribution is -0.135. The number of anilines is 1. The molecule has 2 amide bonds. The van der Waals surface area contributed by atoms with Crippen LogP contribution in [0.4, 0.5) is 10.1 Å². The quantitative estimate of drug-likeness (QED) is 0.659. The molecule has 30 heavy (non-hydrogen) atoms. The average Bonchev–Trinajstić information content (AvgIpc) is 2.96. The van der Waals surface area contributed by atoms with E-state index in [9.17, 15) is 18.8 Å². The number of carbonyl (C=O) groups excluding carboxylic acids is 2. The summed E-state index contributed by atoms with van der Waals surface area (Å²) in [6, 6.07) is 2.62. The zero-order valence-corrected chi connectivity index (χ0v) is 16.9. The van der Waals surface area contributed by atoms with Gasteiger partial charge in [-0.3, -0.25) is 28.9 Å². The van der Waals surface area contributed by atoms with E-state index in [4.69, 9.17) is 0 Å². The molecular formula is C20H25FN6O3. The Morgan fingerprint density at radius 2 is 1.80 bits per heavy atom. The van der Waals surface area contributed by atoms with E-state index in [1.807, 2.05) is 0 Å². The van der Waals surface area contributed by atoms with Gasteiger partial charge in [0, 0.05) is 58.8 Å². The molecule has 4 heterocycles. The molecule has 1 aromatic heterocycles. The summed E-state index contributed by atoms with van der Waals surface area (Å²) < 4.78 is 17.6. The minimum atomic E-state index is -0.895. The maximum absolute atomic E-state index is 14.9. The molecule has 3 aliphatic rings. The molecule has 0 saturated carbocycles. The normalized spacial score (nSPS) is 23.7. The summed E-state index contributed by atoms with van der Waals surface area (Å²) in [4.78, 5) is 41.5. The molecule has 3 aliphatic heterocycles. The first-order chi connectivity index (χ1) is 14.5. The Hall–Kier alpha value is -2.72. The zero-order chi connectivity index (χ0) is 21.0. The van der Waals surface area contributed by atoms with Crippen molar-refractivity contribution in [2.45, 2.75) is 24.9 Å². The van der Waals surface area contributed by atoms with Crippen LogP contribution in [0.3, 0.4) is 0 Å². The minimum Gasteiger partial charge on any atom is -0.366 e. The number of carbonyl (C=O) groups is 2. The SMILES string of the molecule is Cn1c(=O)n(C2CCC(=O)NC2=O)c2c(F)ccc(N3CC(N4CCNCC4)C3)c21. The molecule has 0 radical (unpaired) electrons. The van der Waals surface area contributed by atoms with E-state index in [2.05, 4.69) is 20.4 Å². The van der Waals surface area contributed by atoms with Crippen LogP contribution in [0.1, 0.15) is 18.9 Å². The number of aryl methyl sites for hydroxylation is 1. The van der Waals surface area contributed by atoms with E-state index in [0.29, 0.717) is 11.6 Å². The molecule has 0 spiro atoms. The van der Waals surface area contributed by atoms with Crippen molar-refractivity contribution in [3.63, 3.8) is 0 Å². The van der Waals surface area contributed by atoms with Gasteiger partial charge in [0.2, 0.25) is 11.8 Å². The fourth-order valence-electron chi connectivity index (χ4n) is 4.86. The molecule has 1 unspecified atom stereocenters. The Labute approximate surface area is 172 Å². The largest absolute Gasteiger partial charge is 0.366 e. The Morgan fingerprint density at radius 3 is 2.50 bits per heavy atom. The van der Waals surface area contributed by atoms with Crippen LogP contribution in [0.5, 0.6) is 0 Å². The number of imide groups is 1. The number of imidazole rings is 1. The minimum absolute atomic E-state index is 0.124. The topological polar surface area (TPSA) is 91.6 Å². The van der Waals surface area contributed by atoms with Crippen LogP contribution >= 0.6 is 0 Å². The van der Waals surface area contributed by atoms with Gasteiger partial charge in [-0.2, -0.15) is 0 Å². The lowest BCUT2D eigenvalue weighted by atomic mass is 10.0. The molecule has 3 saturated heterocycles. The molecule has 1 aromatic carbocycles. The van der Waals surface area contributed by atoms with E-state index in [-0.39, 0.29) is 24.3 Å². The van der Waals surface area contributed by atoms with Gasteiger partial charge in [0.25, 0.3) is 0 Å². The molecular weight excluding hydrogens is 391 g/mol. The van der Waals surface area contributed by atoms with E-state index < -0.39 is 23.5 Å².